The van der Waals surface area contributed by atoms with Crippen molar-refractivity contribution < 1.29 is 14.3 Å². The maximum Gasteiger partial charge on any atom is 0.255 e. The highest BCUT2D eigenvalue weighted by Crippen LogP contribution is 2.25. The third kappa shape index (κ3) is 3.57. The molecule has 1 N–H and O–H groups in total. The number of carbonyl (C=O) groups excluding carboxylic acids is 2. The first-order valence-corrected chi connectivity index (χ1v) is 8.92. The molecule has 1 atom stereocenters. The Morgan fingerprint density at radius 3 is 2.69 bits per heavy atom. The zero-order chi connectivity index (χ0) is 18.7. The van der Waals surface area contributed by atoms with Crippen molar-refractivity contribution in [1.82, 2.24) is 5.32 Å². The first kappa shape index (κ1) is 18.0. The van der Waals surface area contributed by atoms with Gasteiger partial charge in [-0.3, -0.25) is 9.59 Å². The number of nitrogens with zero attached hydrogens (tertiary/aromatic N) is 1. The van der Waals surface area contributed by atoms with Crippen LogP contribution in [0.1, 0.15) is 34.8 Å². The van der Waals surface area contributed by atoms with Gasteiger partial charge in [-0.2, -0.15) is 0 Å². The van der Waals surface area contributed by atoms with Gasteiger partial charge in [0.2, 0.25) is 5.91 Å². The minimum atomic E-state index is -0.515. The van der Waals surface area contributed by atoms with Crippen molar-refractivity contribution in [1.29, 1.82) is 0 Å². The summed E-state index contributed by atoms with van der Waals surface area (Å²) in [5.41, 5.74) is 3.67. The van der Waals surface area contributed by atoms with Crippen LogP contribution in [0.5, 0.6) is 5.75 Å². The van der Waals surface area contributed by atoms with Crippen LogP contribution in [0, 0.1) is 13.8 Å². The second-order valence-corrected chi connectivity index (χ2v) is 6.50. The normalized spacial score (nSPS) is 16.7. The van der Waals surface area contributed by atoms with E-state index in [-0.39, 0.29) is 11.8 Å². The summed E-state index contributed by atoms with van der Waals surface area (Å²) < 4.78 is 5.51. The lowest BCUT2D eigenvalue weighted by Crippen LogP contribution is -2.41. The molecule has 0 saturated carbocycles. The van der Waals surface area contributed by atoms with E-state index in [1.54, 1.807) is 23.1 Å². The van der Waals surface area contributed by atoms with Gasteiger partial charge < -0.3 is 15.0 Å². The quantitative estimate of drug-likeness (QED) is 0.899. The van der Waals surface area contributed by atoms with Gasteiger partial charge in [0.05, 0.1) is 12.2 Å². The molecule has 0 spiro atoms. The van der Waals surface area contributed by atoms with E-state index >= 15 is 0 Å². The van der Waals surface area contributed by atoms with Crippen LogP contribution in [0.2, 0.25) is 0 Å². The lowest BCUT2D eigenvalue weighted by atomic mass is 10.1. The minimum absolute atomic E-state index is 0.0736. The largest absolute Gasteiger partial charge is 0.493 e. The van der Waals surface area contributed by atoms with Gasteiger partial charge in [-0.05, 0) is 62.6 Å². The van der Waals surface area contributed by atoms with Crippen LogP contribution in [-0.4, -0.2) is 31.0 Å². The van der Waals surface area contributed by atoms with Crippen molar-refractivity contribution in [3.8, 4) is 5.75 Å². The molecule has 2 aromatic carbocycles. The number of aryl methyl sites for hydroxylation is 2. The summed E-state index contributed by atoms with van der Waals surface area (Å²) in [5.74, 6) is 0.175. The number of carbonyl (C=O) groups is 2. The van der Waals surface area contributed by atoms with Crippen molar-refractivity contribution in [3.63, 3.8) is 0 Å². The fraction of sp³-hybridized carbons (Fsp3) is 0.333. The summed E-state index contributed by atoms with van der Waals surface area (Å²) in [6, 6.07) is 12.5. The van der Waals surface area contributed by atoms with Crippen LogP contribution in [0.4, 0.5) is 5.69 Å². The number of benzene rings is 2. The summed E-state index contributed by atoms with van der Waals surface area (Å²) >= 11 is 0. The molecule has 1 saturated heterocycles. The Morgan fingerprint density at radius 1 is 1.19 bits per heavy atom. The zero-order valence-electron chi connectivity index (χ0n) is 15.4. The molecule has 3 rings (SSSR count). The molecule has 0 bridgehead atoms. The van der Waals surface area contributed by atoms with Crippen LogP contribution in [-0.2, 0) is 4.79 Å². The highest BCUT2D eigenvalue weighted by atomic mass is 16.5. The predicted octanol–water partition coefficient (Wildman–Crippen LogP) is 3.24. The Labute approximate surface area is 154 Å². The van der Waals surface area contributed by atoms with Crippen molar-refractivity contribution in [3.05, 3.63) is 59.2 Å². The molecule has 5 heteroatoms. The molecule has 1 fully saturated rings. The van der Waals surface area contributed by atoms with Gasteiger partial charge in [-0.1, -0.05) is 18.2 Å². The molecule has 0 unspecified atom stereocenters. The first-order valence-electron chi connectivity index (χ1n) is 8.92. The minimum Gasteiger partial charge on any atom is -0.493 e. The summed E-state index contributed by atoms with van der Waals surface area (Å²) in [6.07, 6.45) is 0.592. The number of amides is 2. The Balaban J connectivity index is 1.73. The highest BCUT2D eigenvalue weighted by Gasteiger charge is 2.34. The van der Waals surface area contributed by atoms with Gasteiger partial charge in [0.1, 0.15) is 11.8 Å². The number of para-hydroxylation sites is 1. The lowest BCUT2D eigenvalue weighted by Gasteiger charge is -2.19. The maximum absolute atomic E-state index is 12.8. The van der Waals surface area contributed by atoms with Gasteiger partial charge in [-0.25, -0.2) is 0 Å². The molecule has 1 heterocycles. The molecule has 5 nitrogen and oxygen atoms in total. The van der Waals surface area contributed by atoms with E-state index in [1.807, 2.05) is 45.0 Å². The van der Waals surface area contributed by atoms with E-state index < -0.39 is 6.04 Å². The SMILES string of the molecule is CCOc1ccccc1C(=O)N[C@H]1CCN(c2ccc(C)c(C)c2)C1=O. The van der Waals surface area contributed by atoms with Crippen LogP contribution in [0.25, 0.3) is 0 Å². The molecule has 1 aliphatic rings. The number of ether oxygens (including phenoxy) is 1. The van der Waals surface area contributed by atoms with Crippen LogP contribution in [0.15, 0.2) is 42.5 Å². The van der Waals surface area contributed by atoms with Crippen molar-refractivity contribution in [2.45, 2.75) is 33.2 Å². The average molecular weight is 352 g/mol. The Bertz CT molecular complexity index is 832. The molecular weight excluding hydrogens is 328 g/mol. The van der Waals surface area contributed by atoms with Crippen molar-refractivity contribution in [2.24, 2.45) is 0 Å². The Kier molecular flexibility index (Phi) is 5.26. The number of hydrogen-bond acceptors (Lipinski definition) is 3. The van der Waals surface area contributed by atoms with Crippen molar-refractivity contribution >= 4 is 17.5 Å². The van der Waals surface area contributed by atoms with E-state index in [0.717, 1.165) is 11.3 Å². The molecule has 0 aromatic heterocycles. The Morgan fingerprint density at radius 2 is 1.96 bits per heavy atom. The topological polar surface area (TPSA) is 58.6 Å². The number of rotatable bonds is 5. The molecule has 0 aliphatic carbocycles. The van der Waals surface area contributed by atoms with Gasteiger partial charge in [0, 0.05) is 12.2 Å². The number of nitrogens with one attached hydrogen (secondary N) is 1. The third-order valence-electron chi connectivity index (χ3n) is 4.74. The Hall–Kier alpha value is -2.82. The summed E-state index contributed by atoms with van der Waals surface area (Å²) in [5, 5.41) is 2.86. The van der Waals surface area contributed by atoms with E-state index in [4.69, 9.17) is 4.74 Å². The smallest absolute Gasteiger partial charge is 0.255 e. The lowest BCUT2D eigenvalue weighted by molar-refractivity contribution is -0.118. The van der Waals surface area contributed by atoms with Crippen LogP contribution < -0.4 is 15.0 Å². The molecule has 2 aromatic rings. The molecule has 2 amide bonds. The van der Waals surface area contributed by atoms with Gasteiger partial charge in [0.25, 0.3) is 5.91 Å². The monoisotopic (exact) mass is 352 g/mol. The molecule has 0 radical (unpaired) electrons. The molecule has 136 valence electrons. The van der Waals surface area contributed by atoms with Gasteiger partial charge >= 0.3 is 0 Å². The van der Waals surface area contributed by atoms with E-state index in [9.17, 15) is 9.59 Å². The van der Waals surface area contributed by atoms with Crippen LogP contribution >= 0.6 is 0 Å². The first-order chi connectivity index (χ1) is 12.5. The fourth-order valence-electron chi connectivity index (χ4n) is 3.14. The van der Waals surface area contributed by atoms with E-state index in [0.29, 0.717) is 30.9 Å². The van der Waals surface area contributed by atoms with Gasteiger partial charge in [-0.15, -0.1) is 0 Å². The number of hydrogen-bond donors (Lipinski definition) is 1. The molecule has 1 aliphatic heterocycles. The summed E-state index contributed by atoms with van der Waals surface area (Å²) in [6.45, 7) is 7.02. The second kappa shape index (κ2) is 7.60. The zero-order valence-corrected chi connectivity index (χ0v) is 15.4. The second-order valence-electron chi connectivity index (χ2n) is 6.50. The van der Waals surface area contributed by atoms with Gasteiger partial charge in [0.15, 0.2) is 0 Å². The predicted molar refractivity (Wildman–Crippen MR) is 102 cm³/mol. The third-order valence-corrected chi connectivity index (χ3v) is 4.74. The maximum atomic E-state index is 12.8. The highest BCUT2D eigenvalue weighted by molar-refractivity contribution is 6.04. The summed E-state index contributed by atoms with van der Waals surface area (Å²) in [7, 11) is 0. The summed E-state index contributed by atoms with van der Waals surface area (Å²) in [4.78, 5) is 27.1. The standard InChI is InChI=1S/C21H24N2O3/c1-4-26-19-8-6-5-7-17(19)20(24)22-18-11-12-23(21(18)25)16-10-9-14(2)15(3)13-16/h5-10,13,18H,4,11-12H2,1-3H3,(H,22,24)/t18-/m0/s1. The van der Waals surface area contributed by atoms with Crippen molar-refractivity contribution in [2.75, 3.05) is 18.1 Å². The molecule has 26 heavy (non-hydrogen) atoms. The van der Waals surface area contributed by atoms with E-state index in [2.05, 4.69) is 5.32 Å². The van der Waals surface area contributed by atoms with E-state index in [1.165, 1.54) is 5.56 Å². The average Bonchev–Trinajstić information content (AvgIpc) is 2.99. The van der Waals surface area contributed by atoms with Crippen LogP contribution in [0.3, 0.4) is 0 Å². The number of anilines is 1. The fourth-order valence-corrected chi connectivity index (χ4v) is 3.14. The molecular formula is C21H24N2O3.